The summed E-state index contributed by atoms with van der Waals surface area (Å²) in [6, 6.07) is 0. The van der Waals surface area contributed by atoms with Gasteiger partial charge in [0.1, 0.15) is 0 Å². The van der Waals surface area contributed by atoms with Gasteiger partial charge < -0.3 is 120 Å². The van der Waals surface area contributed by atoms with Crippen LogP contribution in [0.4, 0.5) is 0 Å². The molecule has 0 saturated heterocycles. The first-order valence-electron chi connectivity index (χ1n) is 15.8. The molecule has 0 fully saturated rings. The maximum Gasteiger partial charge on any atom is 0.381 e. The van der Waals surface area contributed by atoms with Crippen LogP contribution in [0.25, 0.3) is 0 Å². The second kappa shape index (κ2) is 27.4. The van der Waals surface area contributed by atoms with Crippen molar-refractivity contribution in [3.05, 3.63) is 0 Å². The highest BCUT2D eigenvalue weighted by Crippen LogP contribution is 2.14. The van der Waals surface area contributed by atoms with Gasteiger partial charge in [0.25, 0.3) is 8.92 Å². The Balaban J connectivity index is 5.83. The Bertz CT molecular complexity index is 2400. The fourth-order valence-corrected chi connectivity index (χ4v) is 317. The van der Waals surface area contributed by atoms with E-state index in [-0.39, 0.29) is 0 Å². The second-order valence-electron chi connectivity index (χ2n) is 12.9. The van der Waals surface area contributed by atoms with Gasteiger partial charge in [0.2, 0.25) is 25.7 Å². The van der Waals surface area contributed by atoms with Gasteiger partial charge >= 0.3 is 185 Å². The molecule has 0 aromatic carbocycles. The van der Waals surface area contributed by atoms with E-state index in [2.05, 4.69) is 0 Å². The van der Waals surface area contributed by atoms with E-state index in [4.69, 9.17) is 8.23 Å². The zero-order valence-electron chi connectivity index (χ0n) is 31.9. The molecule has 0 heterocycles. The number of rotatable bonds is 30. The van der Waals surface area contributed by atoms with Crippen LogP contribution in [-0.4, -0.2) is 228 Å². The highest BCUT2D eigenvalue weighted by atomic mass is 30.1. The first-order valence-corrected chi connectivity index (χ1v) is 87.6. The largest absolute Gasteiger partial charge is 0.457 e. The lowest BCUT2D eigenvalue weighted by Gasteiger charge is -2.28. The Morgan fingerprint density at radius 1 is 0.355 bits per heavy atom. The predicted molar refractivity (Wildman–Crippen MR) is 227 cm³/mol. The molecule has 0 aliphatic rings. The lowest BCUT2D eigenvalue weighted by Crippen LogP contribution is -2.59. The summed E-state index contributed by atoms with van der Waals surface area (Å²) in [4.78, 5) is 0. The Labute approximate surface area is 383 Å². The fourth-order valence-electron chi connectivity index (χ4n) is 3.69. The first-order chi connectivity index (χ1) is 28.0. The molecule has 0 saturated carbocycles. The van der Waals surface area contributed by atoms with Crippen LogP contribution in [0.2, 0.25) is 39.3 Å². The third-order valence-electron chi connectivity index (χ3n) is 6.57. The molecule has 1 unspecified atom stereocenters. The summed E-state index contributed by atoms with van der Waals surface area (Å²) >= 11 is 0. The summed E-state index contributed by atoms with van der Waals surface area (Å²) in [5.74, 6) is 0. The lowest BCUT2D eigenvalue weighted by atomic mass is 11.8. The molecule has 0 aromatic rings. The highest BCUT2D eigenvalue weighted by Gasteiger charge is 2.58. The molecule has 0 aliphatic carbocycles. The third kappa shape index (κ3) is 17.6. The van der Waals surface area contributed by atoms with E-state index >= 15 is 0 Å². The fraction of sp³-hybridized carbons (Fsp3) is 1.00. The summed E-state index contributed by atoms with van der Waals surface area (Å²) in [5.41, 5.74) is 0. The Kier molecular flexibility index (Phi) is 27.9. The van der Waals surface area contributed by atoms with Crippen molar-refractivity contribution in [3.8, 4) is 0 Å². The molecular formula is C6H22O27Si29. The van der Waals surface area contributed by atoms with Crippen LogP contribution in [0, 0.1) is 0 Å². The molecule has 27 nitrogen and oxygen atoms in total. The smallest absolute Gasteiger partial charge is 0.381 e. The maximum atomic E-state index is 12.9. The van der Waals surface area contributed by atoms with Gasteiger partial charge in [-0.3, -0.25) is 0 Å². The van der Waals surface area contributed by atoms with E-state index in [1.54, 1.807) is 19.6 Å². The quantitative estimate of drug-likeness (QED) is 0.0603. The van der Waals surface area contributed by atoms with Crippen molar-refractivity contribution in [2.24, 2.45) is 0 Å². The van der Waals surface area contributed by atoms with Crippen molar-refractivity contribution >= 4 is 228 Å². The lowest BCUT2D eigenvalue weighted by molar-refractivity contribution is 0.530. The standard InChI is InChI=1S/C6H22O27Si29/c1-36(34-7)32-35-37(8)38(9)39(10)40(11)41(12)42(13)43(14)44(15)45(16)46(17)47(18)48(19)49(20)50(21)51(22)52(23)53(24)54(25)55(26)56(27)57(28)58(29)59(30)60(31)62(5,6)33-61(2,3)4/h34,36H,35H2,1-6H3. The third-order valence-corrected chi connectivity index (χ3v) is 218. The van der Waals surface area contributed by atoms with Gasteiger partial charge in [-0.2, -0.15) is 0 Å². The van der Waals surface area contributed by atoms with Crippen LogP contribution >= 0.6 is 0 Å². The van der Waals surface area contributed by atoms with Crippen LogP contribution < -0.4 is 0 Å². The van der Waals surface area contributed by atoms with Crippen molar-refractivity contribution in [2.45, 2.75) is 39.3 Å². The number of hydrogen-bond donors (Lipinski definition) is 0. The SMILES string of the molecule is C[SiH](O[SiH2][Si](=O)[Si](=O)[Si](=O)[Si](=O)[Si](=O)[Si](=O)[Si](=O)[Si](=O)[Si](=O)[Si](=O)[Si](=O)[Si](=O)[Si](=O)[Si](=O)[Si](=O)[Si](=O)[Si](=O)[Si](=O)[Si](=O)[Si](=O)[Si](=O)[Si](=O)[Si](=O)[Si](=O)[Si](C)(C)O[Si](C)(C)C)[SiH]=O. The highest BCUT2D eigenvalue weighted by molar-refractivity contribution is 7.84. The van der Waals surface area contributed by atoms with E-state index in [1.807, 2.05) is 0 Å². The van der Waals surface area contributed by atoms with E-state index in [1.165, 1.54) is 19.6 Å². The molecule has 0 amide bonds. The summed E-state index contributed by atoms with van der Waals surface area (Å²) < 4.78 is 325. The Hall–Kier alpha value is 1.21. The van der Waals surface area contributed by atoms with Crippen LogP contribution in [-0.2, 0) is 120 Å². The number of hydrogen-bond acceptors (Lipinski definition) is 27. The van der Waals surface area contributed by atoms with Crippen molar-refractivity contribution in [1.29, 1.82) is 0 Å². The van der Waals surface area contributed by atoms with Crippen LogP contribution in [0.15, 0.2) is 0 Å². The molecule has 0 N–H and O–H groups in total. The van der Waals surface area contributed by atoms with E-state index in [0.29, 0.717) is 0 Å². The minimum atomic E-state index is -4.59. The molecule has 324 valence electrons. The average molecular weight is 1340 g/mol. The first kappa shape index (κ1) is 63.2. The molecule has 56 heteroatoms. The average Bonchev–Trinajstić information content (AvgIpc) is 3.23. The van der Waals surface area contributed by atoms with Crippen LogP contribution in [0.1, 0.15) is 0 Å². The van der Waals surface area contributed by atoms with Gasteiger partial charge in [0.15, 0.2) is 8.32 Å². The van der Waals surface area contributed by atoms with Gasteiger partial charge in [-0.1, -0.05) is 0 Å². The van der Waals surface area contributed by atoms with E-state index in [9.17, 15) is 112 Å². The van der Waals surface area contributed by atoms with Crippen molar-refractivity contribution in [2.75, 3.05) is 0 Å². The Morgan fingerprint density at radius 3 is 0.742 bits per heavy atom. The van der Waals surface area contributed by atoms with Gasteiger partial charge in [0.05, 0.1) is 0 Å². The summed E-state index contributed by atoms with van der Waals surface area (Å²) in [5, 5.41) is 0. The second-order valence-corrected chi connectivity index (χ2v) is 151. The van der Waals surface area contributed by atoms with Crippen LogP contribution in [0.5, 0.6) is 0 Å². The Morgan fingerprint density at radius 2 is 0.548 bits per heavy atom. The van der Waals surface area contributed by atoms with Gasteiger partial charge in [-0.15, -0.1) is 0 Å². The minimum absolute atomic E-state index is 1.35. The van der Waals surface area contributed by atoms with E-state index < -0.39 is 228 Å². The predicted octanol–water partition coefficient (Wildman–Crippen LogP) is -11.7. The summed E-state index contributed by atoms with van der Waals surface area (Å²) in [7, 11) is -114. The molecular weight excluding hydrogens is 1320 g/mol. The van der Waals surface area contributed by atoms with Gasteiger partial charge in [-0.25, -0.2) is 0 Å². The molecule has 0 aromatic heterocycles. The van der Waals surface area contributed by atoms with Crippen LogP contribution in [0.3, 0.4) is 0 Å². The normalized spacial score (nSPS) is 11.4. The minimum Gasteiger partial charge on any atom is -0.457 e. The monoisotopic (exact) mass is 1340 g/mol. The topological polar surface area (TPSA) is 445 Å². The molecule has 1 atom stereocenters. The van der Waals surface area contributed by atoms with Crippen molar-refractivity contribution in [3.63, 3.8) is 0 Å². The molecule has 62 heavy (non-hydrogen) atoms. The van der Waals surface area contributed by atoms with Crippen molar-refractivity contribution in [1.82, 2.24) is 0 Å². The zero-order chi connectivity index (χ0) is 49.3. The zero-order valence-corrected chi connectivity index (χ0v) is 61.6. The molecule has 0 bridgehead atoms. The van der Waals surface area contributed by atoms with E-state index in [0.717, 1.165) is 0 Å². The molecule has 0 rings (SSSR count). The molecule has 0 aliphatic heterocycles. The summed E-state index contributed by atoms with van der Waals surface area (Å²) in [6.07, 6.45) is 0. The maximum absolute atomic E-state index is 12.9. The van der Waals surface area contributed by atoms with Gasteiger partial charge in [0, 0.05) is 0 Å². The molecule has 0 radical (unpaired) electrons. The van der Waals surface area contributed by atoms with Crippen molar-refractivity contribution < 1.29 is 120 Å². The summed E-state index contributed by atoms with van der Waals surface area (Å²) in [6.45, 7) is 9.32. The van der Waals surface area contributed by atoms with Gasteiger partial charge in [-0.05, 0) is 39.3 Å². The molecule has 0 spiro atoms.